The lowest BCUT2D eigenvalue weighted by molar-refractivity contribution is -0.131. The summed E-state index contributed by atoms with van der Waals surface area (Å²) in [5.41, 5.74) is 2.34. The van der Waals surface area contributed by atoms with Crippen molar-refractivity contribution >= 4 is 22.9 Å². The van der Waals surface area contributed by atoms with Crippen molar-refractivity contribution in [3.63, 3.8) is 0 Å². The topological polar surface area (TPSA) is 70.5 Å². The van der Waals surface area contributed by atoms with Crippen LogP contribution in [0.5, 0.6) is 0 Å². The Kier molecular flexibility index (Phi) is 4.17. The second-order valence-electron chi connectivity index (χ2n) is 6.56. The molecule has 130 valence electrons. The number of hydrogen-bond acceptors (Lipinski definition) is 4. The Bertz CT molecular complexity index is 949. The standard InChI is InChI=1S/C18H20N4O2S/c1-12-9-16-19-15(11-18(24)22(16)20-12)13-4-6-21(7-5-13)17(23)10-14-3-2-8-25-14/h2-3,8-9,11,13,20H,4-7,10H2,1H3. The quantitative estimate of drug-likeness (QED) is 0.783. The molecule has 3 aromatic rings. The summed E-state index contributed by atoms with van der Waals surface area (Å²) in [4.78, 5) is 32.3. The van der Waals surface area contributed by atoms with Crippen molar-refractivity contribution in [1.82, 2.24) is 19.5 Å². The number of rotatable bonds is 3. The third kappa shape index (κ3) is 3.24. The van der Waals surface area contributed by atoms with Gasteiger partial charge in [0, 0.05) is 41.7 Å². The monoisotopic (exact) mass is 356 g/mol. The van der Waals surface area contributed by atoms with E-state index >= 15 is 0 Å². The van der Waals surface area contributed by atoms with Crippen LogP contribution in [-0.4, -0.2) is 38.5 Å². The fourth-order valence-electron chi connectivity index (χ4n) is 3.44. The summed E-state index contributed by atoms with van der Waals surface area (Å²) in [6.45, 7) is 3.36. The Labute approximate surface area is 149 Å². The van der Waals surface area contributed by atoms with Crippen LogP contribution in [0, 0.1) is 6.92 Å². The van der Waals surface area contributed by atoms with E-state index < -0.39 is 0 Å². The normalized spacial score (nSPS) is 15.8. The van der Waals surface area contributed by atoms with Crippen LogP contribution in [0.3, 0.4) is 0 Å². The van der Waals surface area contributed by atoms with Gasteiger partial charge in [0.25, 0.3) is 5.56 Å². The van der Waals surface area contributed by atoms with E-state index in [1.165, 1.54) is 4.52 Å². The van der Waals surface area contributed by atoms with Crippen LogP contribution in [0.15, 0.2) is 34.4 Å². The molecule has 1 N–H and O–H groups in total. The van der Waals surface area contributed by atoms with Crippen molar-refractivity contribution in [1.29, 1.82) is 0 Å². The van der Waals surface area contributed by atoms with E-state index in [9.17, 15) is 9.59 Å². The van der Waals surface area contributed by atoms with Crippen LogP contribution < -0.4 is 5.56 Å². The van der Waals surface area contributed by atoms with Crippen LogP contribution in [0.25, 0.3) is 5.65 Å². The van der Waals surface area contributed by atoms with Gasteiger partial charge < -0.3 is 4.90 Å². The highest BCUT2D eigenvalue weighted by molar-refractivity contribution is 7.10. The molecule has 0 unspecified atom stereocenters. The molecule has 3 aromatic heterocycles. The maximum absolute atomic E-state index is 12.4. The van der Waals surface area contributed by atoms with E-state index in [0.717, 1.165) is 42.2 Å². The van der Waals surface area contributed by atoms with Crippen molar-refractivity contribution in [2.75, 3.05) is 13.1 Å². The van der Waals surface area contributed by atoms with Crippen molar-refractivity contribution in [2.45, 2.75) is 32.1 Å². The molecule has 1 amide bonds. The lowest BCUT2D eigenvalue weighted by Gasteiger charge is -2.31. The summed E-state index contributed by atoms with van der Waals surface area (Å²) in [6, 6.07) is 7.48. The first-order chi connectivity index (χ1) is 12.1. The zero-order chi connectivity index (χ0) is 17.4. The van der Waals surface area contributed by atoms with E-state index in [2.05, 4.69) is 10.1 Å². The van der Waals surface area contributed by atoms with Crippen molar-refractivity contribution in [2.24, 2.45) is 0 Å². The molecule has 0 aromatic carbocycles. The molecule has 4 rings (SSSR count). The van der Waals surface area contributed by atoms with Gasteiger partial charge in [-0.1, -0.05) is 6.07 Å². The van der Waals surface area contributed by atoms with Crippen LogP contribution >= 0.6 is 11.3 Å². The molecule has 0 saturated carbocycles. The van der Waals surface area contributed by atoms with E-state index in [4.69, 9.17) is 0 Å². The van der Waals surface area contributed by atoms with Crippen molar-refractivity contribution < 1.29 is 4.79 Å². The first kappa shape index (κ1) is 16.1. The van der Waals surface area contributed by atoms with E-state index in [1.807, 2.05) is 35.4 Å². The lowest BCUT2D eigenvalue weighted by atomic mass is 9.93. The van der Waals surface area contributed by atoms with E-state index in [-0.39, 0.29) is 17.4 Å². The van der Waals surface area contributed by atoms with Gasteiger partial charge in [0.2, 0.25) is 5.91 Å². The summed E-state index contributed by atoms with van der Waals surface area (Å²) in [5, 5.41) is 4.99. The number of amides is 1. The highest BCUT2D eigenvalue weighted by Gasteiger charge is 2.25. The molecule has 0 bridgehead atoms. The molecule has 0 spiro atoms. The first-order valence-electron chi connectivity index (χ1n) is 8.49. The predicted octanol–water partition coefficient (Wildman–Crippen LogP) is 2.34. The number of aromatic amines is 1. The number of nitrogens with one attached hydrogen (secondary N) is 1. The number of nitrogens with zero attached hydrogens (tertiary/aromatic N) is 3. The van der Waals surface area contributed by atoms with Gasteiger partial charge in [0.15, 0.2) is 5.65 Å². The minimum Gasteiger partial charge on any atom is -0.342 e. The highest BCUT2D eigenvalue weighted by Crippen LogP contribution is 2.27. The number of thiophene rings is 1. The Morgan fingerprint density at radius 3 is 2.88 bits per heavy atom. The predicted molar refractivity (Wildman–Crippen MR) is 97.1 cm³/mol. The van der Waals surface area contributed by atoms with E-state index in [1.54, 1.807) is 17.4 Å². The second kappa shape index (κ2) is 6.48. The number of H-pyrrole nitrogens is 1. The zero-order valence-corrected chi connectivity index (χ0v) is 14.9. The maximum Gasteiger partial charge on any atom is 0.272 e. The van der Waals surface area contributed by atoms with Gasteiger partial charge in [0.05, 0.1) is 12.1 Å². The molecule has 25 heavy (non-hydrogen) atoms. The zero-order valence-electron chi connectivity index (χ0n) is 14.1. The van der Waals surface area contributed by atoms with Crippen LogP contribution in [0.4, 0.5) is 0 Å². The Balaban J connectivity index is 1.45. The van der Waals surface area contributed by atoms with E-state index in [0.29, 0.717) is 12.1 Å². The smallest absolute Gasteiger partial charge is 0.272 e. The fraction of sp³-hybridized carbons (Fsp3) is 0.389. The third-order valence-corrected chi connectivity index (χ3v) is 5.65. The summed E-state index contributed by atoms with van der Waals surface area (Å²) in [5.74, 6) is 0.421. The number of aromatic nitrogens is 3. The fourth-order valence-corrected chi connectivity index (χ4v) is 4.13. The summed E-state index contributed by atoms with van der Waals surface area (Å²) in [6.07, 6.45) is 2.18. The molecule has 1 saturated heterocycles. The highest BCUT2D eigenvalue weighted by atomic mass is 32.1. The number of carbonyl (C=O) groups is 1. The number of hydrogen-bond donors (Lipinski definition) is 1. The van der Waals surface area contributed by atoms with Gasteiger partial charge in [-0.3, -0.25) is 14.7 Å². The molecule has 4 heterocycles. The molecule has 7 heteroatoms. The van der Waals surface area contributed by atoms with Gasteiger partial charge in [-0.15, -0.1) is 11.3 Å². The van der Waals surface area contributed by atoms with Crippen molar-refractivity contribution in [3.05, 3.63) is 56.3 Å². The SMILES string of the molecule is Cc1cc2nc(C3CCN(C(=O)Cc4cccs4)CC3)cc(=O)n2[nH]1. The minimum absolute atomic E-state index is 0.0794. The molecule has 0 radical (unpaired) electrons. The second-order valence-corrected chi connectivity index (χ2v) is 7.60. The number of fused-ring (bicyclic) bond motifs is 1. The van der Waals surface area contributed by atoms with Gasteiger partial charge >= 0.3 is 0 Å². The molecular weight excluding hydrogens is 336 g/mol. The van der Waals surface area contributed by atoms with Gasteiger partial charge in [-0.05, 0) is 31.2 Å². The van der Waals surface area contributed by atoms with Gasteiger partial charge in [0.1, 0.15) is 0 Å². The number of piperidine rings is 1. The largest absolute Gasteiger partial charge is 0.342 e. The molecule has 0 aliphatic carbocycles. The van der Waals surface area contributed by atoms with Crippen LogP contribution in [0.2, 0.25) is 0 Å². The Hall–Kier alpha value is -2.41. The third-order valence-electron chi connectivity index (χ3n) is 4.77. The molecule has 0 atom stereocenters. The lowest BCUT2D eigenvalue weighted by Crippen LogP contribution is -2.39. The molecule has 1 aliphatic rings. The number of aryl methyl sites for hydroxylation is 1. The van der Waals surface area contributed by atoms with Gasteiger partial charge in [-0.2, -0.15) is 0 Å². The first-order valence-corrected chi connectivity index (χ1v) is 9.37. The number of carbonyl (C=O) groups excluding carboxylic acids is 1. The van der Waals surface area contributed by atoms with Crippen LogP contribution in [-0.2, 0) is 11.2 Å². The average Bonchev–Trinajstić information content (AvgIpc) is 3.24. The summed E-state index contributed by atoms with van der Waals surface area (Å²) < 4.78 is 1.47. The Morgan fingerprint density at radius 1 is 1.36 bits per heavy atom. The van der Waals surface area contributed by atoms with Gasteiger partial charge in [-0.25, -0.2) is 9.50 Å². The van der Waals surface area contributed by atoms with Crippen molar-refractivity contribution in [3.8, 4) is 0 Å². The minimum atomic E-state index is -0.0794. The molecular formula is C18H20N4O2S. The Morgan fingerprint density at radius 2 is 2.16 bits per heavy atom. The maximum atomic E-state index is 12.4. The molecule has 6 nitrogen and oxygen atoms in total. The molecule has 1 aliphatic heterocycles. The molecule has 1 fully saturated rings. The number of likely N-dealkylation sites (tertiary alicyclic amines) is 1. The average molecular weight is 356 g/mol. The summed E-state index contributed by atoms with van der Waals surface area (Å²) in [7, 11) is 0. The van der Waals surface area contributed by atoms with Crippen LogP contribution in [0.1, 0.15) is 35.0 Å². The summed E-state index contributed by atoms with van der Waals surface area (Å²) >= 11 is 1.62.